The van der Waals surface area contributed by atoms with Crippen molar-refractivity contribution in [1.29, 1.82) is 0 Å². The minimum absolute atomic E-state index is 0.519. The molecule has 6 fully saturated rings. The maximum Gasteiger partial charge on any atom is 0.0636 e. The summed E-state index contributed by atoms with van der Waals surface area (Å²) in [6.07, 6.45) is 38.1. The van der Waals surface area contributed by atoms with Crippen LogP contribution in [0.15, 0.2) is 146 Å². The highest BCUT2D eigenvalue weighted by Crippen LogP contribution is 2.52. The molecule has 7 aromatic carbocycles. The Labute approximate surface area is 474 Å². The van der Waals surface area contributed by atoms with Gasteiger partial charge in [-0.3, -0.25) is 0 Å². The Bertz CT molecular complexity index is 2950. The highest BCUT2D eigenvalue weighted by molar-refractivity contribution is 6.01. The lowest BCUT2D eigenvalue weighted by Crippen LogP contribution is -2.09. The molecule has 0 saturated heterocycles. The molecule has 0 radical (unpaired) electrons. The maximum atomic E-state index is 11.6. The van der Waals surface area contributed by atoms with E-state index in [0.29, 0.717) is 47.6 Å². The minimum Gasteiger partial charge on any atom is -0.0619 e. The monoisotopic (exact) mass is 1030 g/mol. The molecule has 0 aliphatic heterocycles. The molecule has 0 amide bonds. The molecule has 0 N–H and O–H groups in total. The average molecular weight is 1030 g/mol. The lowest BCUT2D eigenvalue weighted by molar-refractivity contribution is 0.435. The van der Waals surface area contributed by atoms with Gasteiger partial charge in [0.2, 0.25) is 0 Å². The predicted octanol–water partition coefficient (Wildman–Crippen LogP) is 24.0. The molecule has 7 aromatic rings. The Hall–Kier alpha value is -5.46. The van der Waals surface area contributed by atoms with E-state index in [2.05, 4.69) is 133 Å². The van der Waals surface area contributed by atoms with Crippen molar-refractivity contribution in [3.05, 3.63) is 179 Å². The second-order valence-electron chi connectivity index (χ2n) is 25.8. The minimum atomic E-state index is 0.519. The summed E-state index contributed by atoms with van der Waals surface area (Å²) in [4.78, 5) is 0. The Morgan fingerprint density at radius 2 is 0.449 bits per heavy atom. The van der Waals surface area contributed by atoms with Crippen molar-refractivity contribution in [3.8, 4) is 66.8 Å². The smallest absolute Gasteiger partial charge is 0.0619 e. The van der Waals surface area contributed by atoms with Gasteiger partial charge in [0.05, 0.1) is 2.74 Å². The van der Waals surface area contributed by atoms with Gasteiger partial charge in [-0.2, -0.15) is 0 Å². The number of hydrogen-bond donors (Lipinski definition) is 0. The normalized spacial score (nSPS) is 20.4. The fourth-order valence-corrected chi connectivity index (χ4v) is 16.6. The molecule has 0 atom stereocenters. The first kappa shape index (κ1) is 49.6. The third kappa shape index (κ3) is 11.2. The second kappa shape index (κ2) is 24.5. The molecule has 0 unspecified atom stereocenters. The largest absolute Gasteiger partial charge is 0.0636 e. The van der Waals surface area contributed by atoms with Crippen molar-refractivity contribution in [1.82, 2.24) is 0 Å². The molecule has 402 valence electrons. The van der Waals surface area contributed by atoms with Gasteiger partial charge in [-0.25, -0.2) is 0 Å². The van der Waals surface area contributed by atoms with E-state index in [9.17, 15) is 2.74 Å². The van der Waals surface area contributed by atoms with E-state index < -0.39 is 0 Å². The van der Waals surface area contributed by atoms with Gasteiger partial charge in [-0.05, 0) is 225 Å². The van der Waals surface area contributed by atoms with Gasteiger partial charge in [-0.1, -0.05) is 249 Å². The Morgan fingerprint density at radius 1 is 0.218 bits per heavy atom. The van der Waals surface area contributed by atoms with Gasteiger partial charge >= 0.3 is 0 Å². The highest BCUT2D eigenvalue weighted by Gasteiger charge is 2.29. The summed E-state index contributed by atoms with van der Waals surface area (Å²) in [7, 11) is 0. The molecule has 6 aliphatic carbocycles. The summed E-state index contributed by atoms with van der Waals surface area (Å²) in [5.41, 5.74) is 22.1. The standard InChI is InChI=1S/C78H90/c1-7-27-55(28-8-1)61-47-62(56-29-9-2-10-30-56)50-65(49-61)75-53-78(74-46-26-24-44-72(74)70-42-22-20-40-68(70)60-37-17-6-18-38-60)76(66-51-63(57-31-11-3-12-32-57)48-64(52-66)58-33-13-4-14-34-58)54-77(75)73-45-25-23-43-71(73)69-41-21-19-39-67(69)59-35-15-5-16-36-59/h19-26,39-60H,1-18,27-38H2/i53D,54D. The molecule has 0 heterocycles. The van der Waals surface area contributed by atoms with Gasteiger partial charge in [0.1, 0.15) is 0 Å². The molecule has 0 bridgehead atoms. The first-order valence-electron chi connectivity index (χ1n) is 33.4. The molecule has 0 nitrogen and oxygen atoms in total. The lowest BCUT2D eigenvalue weighted by Gasteiger charge is -2.29. The SMILES string of the molecule is [2H]c1c(-c2cc(C3CCCCC3)cc(C3CCCCC3)c2)c(-c2ccccc2-c2ccccc2C2CCCCC2)c([2H])c(-c2cc(C3CCCCC3)cc(C3CCCCC3)c2)c1-c1ccccc1-c1ccccc1C1CCCCC1. The molecule has 0 aromatic heterocycles. The van der Waals surface area contributed by atoms with Crippen molar-refractivity contribution in [2.45, 2.75) is 228 Å². The van der Waals surface area contributed by atoms with Crippen molar-refractivity contribution < 1.29 is 2.74 Å². The van der Waals surface area contributed by atoms with Crippen molar-refractivity contribution in [3.63, 3.8) is 0 Å². The summed E-state index contributed by atoms with van der Waals surface area (Å²) < 4.78 is 23.3. The van der Waals surface area contributed by atoms with E-state index in [1.54, 1.807) is 0 Å². The molecule has 0 spiro atoms. The predicted molar refractivity (Wildman–Crippen MR) is 334 cm³/mol. The fraction of sp³-hybridized carbons (Fsp3) is 0.462. The van der Waals surface area contributed by atoms with Crippen LogP contribution in [0, 0.1) is 0 Å². The number of benzene rings is 7. The fourth-order valence-electron chi connectivity index (χ4n) is 16.6. The van der Waals surface area contributed by atoms with Gasteiger partial charge in [0.15, 0.2) is 0 Å². The molecular weight excluding hydrogens is 937 g/mol. The van der Waals surface area contributed by atoms with Crippen LogP contribution in [0.25, 0.3) is 66.8 Å². The van der Waals surface area contributed by atoms with Crippen LogP contribution in [0.4, 0.5) is 0 Å². The van der Waals surface area contributed by atoms with Crippen LogP contribution in [-0.2, 0) is 0 Å². The summed E-state index contributed by atoms with van der Waals surface area (Å²) in [5.74, 6) is 3.12. The first-order chi connectivity index (χ1) is 39.6. The molecular formula is C78H90. The van der Waals surface area contributed by atoms with Crippen LogP contribution in [0.2, 0.25) is 0 Å². The second-order valence-corrected chi connectivity index (χ2v) is 25.8. The number of rotatable bonds is 12. The molecule has 0 heteroatoms. The van der Waals surface area contributed by atoms with Crippen LogP contribution < -0.4 is 0 Å². The molecule has 13 rings (SSSR count). The van der Waals surface area contributed by atoms with Crippen LogP contribution in [0.1, 0.15) is 264 Å². The van der Waals surface area contributed by atoms with E-state index in [1.807, 2.05) is 0 Å². The van der Waals surface area contributed by atoms with Gasteiger partial charge in [-0.15, -0.1) is 0 Å². The van der Waals surface area contributed by atoms with Gasteiger partial charge in [0, 0.05) is 0 Å². The summed E-state index contributed by atoms with van der Waals surface area (Å²) >= 11 is 0. The van der Waals surface area contributed by atoms with Gasteiger partial charge < -0.3 is 0 Å². The van der Waals surface area contributed by atoms with E-state index >= 15 is 0 Å². The van der Waals surface area contributed by atoms with Crippen LogP contribution in [0.5, 0.6) is 0 Å². The Balaban J connectivity index is 1.15. The van der Waals surface area contributed by atoms with Crippen LogP contribution in [0.3, 0.4) is 0 Å². The van der Waals surface area contributed by atoms with Crippen molar-refractivity contribution in [2.75, 3.05) is 0 Å². The zero-order chi connectivity index (χ0) is 53.8. The van der Waals surface area contributed by atoms with Crippen LogP contribution in [-0.4, -0.2) is 0 Å². The lowest BCUT2D eigenvalue weighted by atomic mass is 9.75. The van der Waals surface area contributed by atoms with E-state index in [1.165, 1.54) is 248 Å². The van der Waals surface area contributed by atoms with Crippen molar-refractivity contribution >= 4 is 0 Å². The van der Waals surface area contributed by atoms with E-state index in [4.69, 9.17) is 0 Å². The molecule has 78 heavy (non-hydrogen) atoms. The average Bonchev–Trinajstić information content (AvgIpc) is 3.61. The first-order valence-corrected chi connectivity index (χ1v) is 32.4. The topological polar surface area (TPSA) is 0 Å². The molecule has 6 saturated carbocycles. The van der Waals surface area contributed by atoms with E-state index in [0.717, 1.165) is 44.5 Å². The maximum absolute atomic E-state index is 11.6. The highest BCUT2D eigenvalue weighted by atomic mass is 14.3. The summed E-state index contributed by atoms with van der Waals surface area (Å²) in [6.45, 7) is 0. The van der Waals surface area contributed by atoms with Gasteiger partial charge in [0.25, 0.3) is 0 Å². The van der Waals surface area contributed by atoms with Crippen molar-refractivity contribution in [2.24, 2.45) is 0 Å². The zero-order valence-corrected chi connectivity index (χ0v) is 47.4. The third-order valence-electron chi connectivity index (χ3n) is 20.8. The van der Waals surface area contributed by atoms with Crippen LogP contribution >= 0.6 is 0 Å². The number of hydrogen-bond acceptors (Lipinski definition) is 0. The zero-order valence-electron chi connectivity index (χ0n) is 49.4. The molecule has 6 aliphatic rings. The Morgan fingerprint density at radius 3 is 0.731 bits per heavy atom. The van der Waals surface area contributed by atoms with E-state index in [-0.39, 0.29) is 0 Å². The summed E-state index contributed by atoms with van der Waals surface area (Å²) in [5, 5.41) is 0. The third-order valence-corrected chi connectivity index (χ3v) is 20.8. The Kier molecular flexibility index (Phi) is 15.6. The quantitative estimate of drug-likeness (QED) is 0.114. The summed E-state index contributed by atoms with van der Waals surface area (Å²) in [6, 6.07) is 53.7.